The Hall–Kier alpha value is -6.86. The van der Waals surface area contributed by atoms with Gasteiger partial charge < -0.3 is 4.42 Å². The predicted molar refractivity (Wildman–Crippen MR) is 193 cm³/mol. The fourth-order valence-corrected chi connectivity index (χ4v) is 6.06. The van der Waals surface area contributed by atoms with Crippen LogP contribution in [0.3, 0.4) is 0 Å². The van der Waals surface area contributed by atoms with Crippen LogP contribution in [0, 0.1) is 0 Å². The molecule has 0 amide bonds. The molecule has 9 aromatic rings. The van der Waals surface area contributed by atoms with E-state index in [1.807, 2.05) is 91.3 Å². The van der Waals surface area contributed by atoms with Crippen LogP contribution in [0.4, 0.5) is 0 Å². The Morgan fingerprint density at radius 2 is 1.14 bits per heavy atom. The van der Waals surface area contributed by atoms with Crippen molar-refractivity contribution in [2.24, 2.45) is 0 Å². The number of nitrogens with zero attached hydrogens (tertiary/aromatic N) is 6. The van der Waals surface area contributed by atoms with Gasteiger partial charge in [0.25, 0.3) is 0 Å². The average molecular weight is 631 g/mol. The van der Waals surface area contributed by atoms with Gasteiger partial charge in [-0.2, -0.15) is 0 Å². The highest BCUT2D eigenvalue weighted by atomic mass is 16.3. The highest BCUT2D eigenvalue weighted by Gasteiger charge is 2.20. The number of hydrogen-bond donors (Lipinski definition) is 0. The fourth-order valence-electron chi connectivity index (χ4n) is 6.06. The quantitative estimate of drug-likeness (QED) is 0.181. The minimum absolute atomic E-state index is 0.522. The molecule has 0 saturated heterocycles. The summed E-state index contributed by atoms with van der Waals surface area (Å²) in [6.07, 6.45) is 7.21. The molecule has 0 bridgehead atoms. The molecular formula is C42H26N6O. The molecule has 0 radical (unpaired) electrons. The van der Waals surface area contributed by atoms with E-state index in [1.54, 1.807) is 12.4 Å². The Bertz CT molecular complexity index is 2510. The van der Waals surface area contributed by atoms with Crippen LogP contribution in [0.1, 0.15) is 0 Å². The first-order chi connectivity index (χ1) is 24.3. The summed E-state index contributed by atoms with van der Waals surface area (Å²) >= 11 is 0. The number of aromatic nitrogens is 6. The number of fused-ring (bicyclic) bond motifs is 3. The second-order valence-electron chi connectivity index (χ2n) is 11.6. The predicted octanol–water partition coefficient (Wildman–Crippen LogP) is 9.96. The van der Waals surface area contributed by atoms with Crippen LogP contribution in [0.2, 0.25) is 0 Å². The first-order valence-electron chi connectivity index (χ1n) is 15.9. The zero-order valence-electron chi connectivity index (χ0n) is 26.1. The van der Waals surface area contributed by atoms with E-state index >= 15 is 0 Å². The summed E-state index contributed by atoms with van der Waals surface area (Å²) in [4.78, 5) is 28.6. The van der Waals surface area contributed by atoms with Crippen molar-refractivity contribution >= 4 is 22.2 Å². The molecule has 230 valence electrons. The second-order valence-corrected chi connectivity index (χ2v) is 11.6. The number of rotatable bonds is 6. The molecule has 0 spiro atoms. The van der Waals surface area contributed by atoms with Gasteiger partial charge in [-0.15, -0.1) is 0 Å². The largest absolute Gasteiger partial charge is 0.434 e. The Balaban J connectivity index is 1.19. The van der Waals surface area contributed by atoms with E-state index in [0.717, 1.165) is 66.9 Å². The van der Waals surface area contributed by atoms with E-state index in [9.17, 15) is 0 Å². The maximum absolute atomic E-state index is 6.41. The number of furan rings is 1. The van der Waals surface area contributed by atoms with Crippen LogP contribution in [0.15, 0.2) is 163 Å². The summed E-state index contributed by atoms with van der Waals surface area (Å²) in [5, 5.41) is 0.843. The van der Waals surface area contributed by atoms with E-state index < -0.39 is 0 Å². The monoisotopic (exact) mass is 630 g/mol. The molecule has 7 nitrogen and oxygen atoms in total. The highest BCUT2D eigenvalue weighted by Crippen LogP contribution is 2.37. The molecule has 0 saturated carbocycles. The molecule has 0 atom stereocenters. The third-order valence-corrected chi connectivity index (χ3v) is 8.51. The SMILES string of the molecule is c1ccc(-c2cnc3oc4c(-c5ccc(-c6cc(-c7cccnc7)nc(-c7ccccn7)c6)cc5)nc(-c5ccccc5)nc4c3c2)cc1. The Morgan fingerprint density at radius 3 is 1.90 bits per heavy atom. The van der Waals surface area contributed by atoms with Crippen LogP contribution in [-0.4, -0.2) is 29.9 Å². The van der Waals surface area contributed by atoms with Crippen LogP contribution < -0.4 is 0 Å². The van der Waals surface area contributed by atoms with Gasteiger partial charge in [-0.1, -0.05) is 91.0 Å². The molecule has 0 fully saturated rings. The molecular weight excluding hydrogens is 605 g/mol. The van der Waals surface area contributed by atoms with Gasteiger partial charge in [-0.05, 0) is 59.2 Å². The summed E-state index contributed by atoms with van der Waals surface area (Å²) in [5.41, 5.74) is 11.8. The molecule has 0 aliphatic carbocycles. The van der Waals surface area contributed by atoms with E-state index in [4.69, 9.17) is 24.4 Å². The second kappa shape index (κ2) is 12.1. The first-order valence-corrected chi connectivity index (χ1v) is 15.9. The topological polar surface area (TPSA) is 90.5 Å². The molecule has 0 N–H and O–H groups in total. The summed E-state index contributed by atoms with van der Waals surface area (Å²) in [6, 6.07) is 44.6. The Labute approximate surface area is 281 Å². The van der Waals surface area contributed by atoms with Gasteiger partial charge in [-0.3, -0.25) is 9.97 Å². The van der Waals surface area contributed by atoms with Crippen molar-refractivity contribution in [2.45, 2.75) is 0 Å². The van der Waals surface area contributed by atoms with E-state index in [-0.39, 0.29) is 0 Å². The third-order valence-electron chi connectivity index (χ3n) is 8.51. The molecule has 0 aliphatic heterocycles. The molecule has 0 aliphatic rings. The van der Waals surface area contributed by atoms with Crippen molar-refractivity contribution in [1.29, 1.82) is 0 Å². The summed E-state index contributed by atoms with van der Waals surface area (Å²) in [5.74, 6) is 0.621. The van der Waals surface area contributed by atoms with Crippen molar-refractivity contribution in [1.82, 2.24) is 29.9 Å². The van der Waals surface area contributed by atoms with E-state index in [0.29, 0.717) is 22.8 Å². The average Bonchev–Trinajstić information content (AvgIpc) is 3.57. The van der Waals surface area contributed by atoms with Crippen molar-refractivity contribution in [3.63, 3.8) is 0 Å². The van der Waals surface area contributed by atoms with Gasteiger partial charge in [0.15, 0.2) is 11.4 Å². The first kappa shape index (κ1) is 28.4. The molecule has 6 aromatic heterocycles. The zero-order chi connectivity index (χ0) is 32.6. The third kappa shape index (κ3) is 5.39. The van der Waals surface area contributed by atoms with E-state index in [1.165, 1.54) is 0 Å². The molecule has 7 heteroatoms. The lowest BCUT2D eigenvalue weighted by Gasteiger charge is -2.11. The molecule has 49 heavy (non-hydrogen) atoms. The van der Waals surface area contributed by atoms with Crippen LogP contribution in [0.5, 0.6) is 0 Å². The van der Waals surface area contributed by atoms with Gasteiger partial charge in [0, 0.05) is 47.0 Å². The van der Waals surface area contributed by atoms with Crippen LogP contribution in [0.25, 0.3) is 89.7 Å². The molecule has 9 rings (SSSR count). The van der Waals surface area contributed by atoms with Gasteiger partial charge in [-0.25, -0.2) is 19.9 Å². The summed E-state index contributed by atoms with van der Waals surface area (Å²) < 4.78 is 6.41. The maximum Gasteiger partial charge on any atom is 0.229 e. The van der Waals surface area contributed by atoms with Crippen molar-refractivity contribution in [3.05, 3.63) is 158 Å². The Kier molecular flexibility index (Phi) is 6.98. The van der Waals surface area contributed by atoms with E-state index in [2.05, 4.69) is 64.6 Å². The number of hydrogen-bond acceptors (Lipinski definition) is 7. The fraction of sp³-hybridized carbons (Fsp3) is 0. The number of benzene rings is 3. The van der Waals surface area contributed by atoms with Crippen LogP contribution >= 0.6 is 0 Å². The van der Waals surface area contributed by atoms with Gasteiger partial charge in [0.2, 0.25) is 5.71 Å². The minimum Gasteiger partial charge on any atom is -0.434 e. The number of pyridine rings is 4. The van der Waals surface area contributed by atoms with Crippen molar-refractivity contribution < 1.29 is 4.42 Å². The lowest BCUT2D eigenvalue weighted by molar-refractivity contribution is 0.653. The lowest BCUT2D eigenvalue weighted by atomic mass is 9.99. The maximum atomic E-state index is 6.41. The normalized spacial score (nSPS) is 11.3. The Morgan fingerprint density at radius 1 is 0.429 bits per heavy atom. The summed E-state index contributed by atoms with van der Waals surface area (Å²) in [6.45, 7) is 0. The zero-order valence-corrected chi connectivity index (χ0v) is 26.1. The standard InChI is InChI=1S/C42H26N6O/c1-3-10-27(11-4-1)33-22-34-39-40(49-42(34)45-26-33)38(47-41(48-39)30-12-5-2-6-13-30)29-18-16-28(17-19-29)32-23-36(31-14-9-20-43-25-31)46-37(24-32)35-15-7-8-21-44-35/h1-26H. The van der Waals surface area contributed by atoms with Gasteiger partial charge >= 0.3 is 0 Å². The van der Waals surface area contributed by atoms with Crippen molar-refractivity contribution in [2.75, 3.05) is 0 Å². The summed E-state index contributed by atoms with van der Waals surface area (Å²) in [7, 11) is 0. The van der Waals surface area contributed by atoms with Gasteiger partial charge in [0.1, 0.15) is 11.2 Å². The molecule has 3 aromatic carbocycles. The lowest BCUT2D eigenvalue weighted by Crippen LogP contribution is -1.94. The molecule has 6 heterocycles. The van der Waals surface area contributed by atoms with Crippen LogP contribution in [-0.2, 0) is 0 Å². The molecule has 0 unspecified atom stereocenters. The minimum atomic E-state index is 0.522. The smallest absolute Gasteiger partial charge is 0.229 e. The van der Waals surface area contributed by atoms with Gasteiger partial charge in [0.05, 0.1) is 22.5 Å². The highest BCUT2D eigenvalue weighted by molar-refractivity contribution is 6.07. The van der Waals surface area contributed by atoms with Crippen molar-refractivity contribution in [3.8, 4) is 67.5 Å².